The van der Waals surface area contributed by atoms with Crippen molar-refractivity contribution in [2.75, 3.05) is 33.9 Å². The van der Waals surface area contributed by atoms with E-state index in [4.69, 9.17) is 14.0 Å². The SMILES string of the molecule is COc1ccc(C2CNCCN2C(=O)CCc2cc(OC)no2)cc1. The maximum Gasteiger partial charge on any atom is 0.254 e. The summed E-state index contributed by atoms with van der Waals surface area (Å²) in [5.41, 5.74) is 1.10. The Morgan fingerprint density at radius 3 is 2.80 bits per heavy atom. The highest BCUT2D eigenvalue weighted by Crippen LogP contribution is 2.25. The molecule has 0 radical (unpaired) electrons. The largest absolute Gasteiger partial charge is 0.497 e. The molecule has 1 N–H and O–H groups in total. The molecular weight excluding hydrogens is 322 g/mol. The standard InChI is InChI=1S/C18H23N3O4/c1-23-14-5-3-13(4-6-14)16-12-19-9-10-21(16)18(22)8-7-15-11-17(24-2)20-25-15/h3-6,11,16,19H,7-10,12H2,1-2H3. The Balaban J connectivity index is 1.65. The fourth-order valence-electron chi connectivity index (χ4n) is 3.01. The lowest BCUT2D eigenvalue weighted by Crippen LogP contribution is -2.48. The summed E-state index contributed by atoms with van der Waals surface area (Å²) >= 11 is 0. The Morgan fingerprint density at radius 1 is 1.32 bits per heavy atom. The molecule has 1 aromatic carbocycles. The molecule has 1 unspecified atom stereocenters. The van der Waals surface area contributed by atoms with Crippen molar-refractivity contribution >= 4 is 5.91 Å². The average molecular weight is 345 g/mol. The molecule has 2 heterocycles. The number of carbonyl (C=O) groups is 1. The smallest absolute Gasteiger partial charge is 0.254 e. The lowest BCUT2D eigenvalue weighted by Gasteiger charge is -2.36. The average Bonchev–Trinajstić information content (AvgIpc) is 3.14. The maximum atomic E-state index is 12.7. The van der Waals surface area contributed by atoms with Gasteiger partial charge >= 0.3 is 0 Å². The van der Waals surface area contributed by atoms with E-state index in [1.165, 1.54) is 7.11 Å². The van der Waals surface area contributed by atoms with Crippen LogP contribution in [-0.4, -0.2) is 49.8 Å². The second-order valence-electron chi connectivity index (χ2n) is 5.92. The summed E-state index contributed by atoms with van der Waals surface area (Å²) in [4.78, 5) is 14.7. The van der Waals surface area contributed by atoms with Gasteiger partial charge in [0.05, 0.1) is 20.3 Å². The third-order valence-electron chi connectivity index (χ3n) is 4.40. The normalized spacial score (nSPS) is 17.4. The molecule has 0 spiro atoms. The fraction of sp³-hybridized carbons (Fsp3) is 0.444. The van der Waals surface area contributed by atoms with E-state index in [-0.39, 0.29) is 11.9 Å². The highest BCUT2D eigenvalue weighted by molar-refractivity contribution is 5.77. The van der Waals surface area contributed by atoms with Gasteiger partial charge in [-0.1, -0.05) is 12.1 Å². The van der Waals surface area contributed by atoms with E-state index in [9.17, 15) is 4.79 Å². The third-order valence-corrected chi connectivity index (χ3v) is 4.40. The van der Waals surface area contributed by atoms with Crippen LogP contribution >= 0.6 is 0 Å². The Bertz CT molecular complexity index is 699. The highest BCUT2D eigenvalue weighted by Gasteiger charge is 2.27. The summed E-state index contributed by atoms with van der Waals surface area (Å²) in [5.74, 6) is 2.00. The quantitative estimate of drug-likeness (QED) is 0.860. The van der Waals surface area contributed by atoms with Crippen molar-refractivity contribution in [1.29, 1.82) is 0 Å². The number of methoxy groups -OCH3 is 2. The number of amides is 1. The summed E-state index contributed by atoms with van der Waals surface area (Å²) in [5, 5.41) is 7.12. The zero-order chi connectivity index (χ0) is 17.6. The van der Waals surface area contributed by atoms with Gasteiger partial charge in [0.25, 0.3) is 5.88 Å². The van der Waals surface area contributed by atoms with Crippen molar-refractivity contribution in [2.24, 2.45) is 0 Å². The second-order valence-corrected chi connectivity index (χ2v) is 5.92. The molecule has 1 aliphatic rings. The number of rotatable bonds is 6. The molecule has 3 rings (SSSR count). The molecule has 1 saturated heterocycles. The van der Waals surface area contributed by atoms with Crippen molar-refractivity contribution in [3.05, 3.63) is 41.7 Å². The van der Waals surface area contributed by atoms with Crippen LogP contribution in [0.1, 0.15) is 23.8 Å². The number of piperazine rings is 1. The van der Waals surface area contributed by atoms with Gasteiger partial charge in [-0.25, -0.2) is 0 Å². The van der Waals surface area contributed by atoms with Gasteiger partial charge in [0.1, 0.15) is 11.5 Å². The van der Waals surface area contributed by atoms with E-state index in [0.717, 1.165) is 24.4 Å². The van der Waals surface area contributed by atoms with Gasteiger partial charge in [-0.3, -0.25) is 4.79 Å². The van der Waals surface area contributed by atoms with Crippen LogP contribution in [-0.2, 0) is 11.2 Å². The Kier molecular flexibility index (Phi) is 5.55. The lowest BCUT2D eigenvalue weighted by molar-refractivity contribution is -0.134. The topological polar surface area (TPSA) is 76.8 Å². The molecule has 1 fully saturated rings. The van der Waals surface area contributed by atoms with Crippen molar-refractivity contribution < 1.29 is 18.8 Å². The number of nitrogens with one attached hydrogen (secondary N) is 1. The molecule has 2 aromatic rings. The number of ether oxygens (including phenoxy) is 2. The lowest BCUT2D eigenvalue weighted by atomic mass is 10.0. The van der Waals surface area contributed by atoms with Crippen LogP contribution < -0.4 is 14.8 Å². The van der Waals surface area contributed by atoms with Crippen molar-refractivity contribution in [3.63, 3.8) is 0 Å². The fourth-order valence-corrected chi connectivity index (χ4v) is 3.01. The third kappa shape index (κ3) is 4.11. The molecule has 0 saturated carbocycles. The van der Waals surface area contributed by atoms with E-state index < -0.39 is 0 Å². The van der Waals surface area contributed by atoms with Gasteiger partial charge in [-0.2, -0.15) is 0 Å². The van der Waals surface area contributed by atoms with E-state index >= 15 is 0 Å². The van der Waals surface area contributed by atoms with Gasteiger partial charge in [-0.15, -0.1) is 0 Å². The summed E-state index contributed by atoms with van der Waals surface area (Å²) in [6.07, 6.45) is 0.888. The van der Waals surface area contributed by atoms with Crippen LogP contribution in [0.5, 0.6) is 11.6 Å². The van der Waals surface area contributed by atoms with Crippen LogP contribution in [0, 0.1) is 0 Å². The summed E-state index contributed by atoms with van der Waals surface area (Å²) in [6.45, 7) is 2.23. The molecule has 7 nitrogen and oxygen atoms in total. The molecule has 25 heavy (non-hydrogen) atoms. The summed E-state index contributed by atoms with van der Waals surface area (Å²) in [7, 11) is 3.18. The van der Waals surface area contributed by atoms with Gasteiger partial charge < -0.3 is 24.2 Å². The maximum absolute atomic E-state index is 12.7. The van der Waals surface area contributed by atoms with E-state index in [1.54, 1.807) is 13.2 Å². The first-order valence-electron chi connectivity index (χ1n) is 8.35. The molecule has 0 aliphatic carbocycles. The molecule has 1 aliphatic heterocycles. The van der Waals surface area contributed by atoms with Crippen LogP contribution in [0.25, 0.3) is 0 Å². The minimum absolute atomic E-state index is 0.0245. The van der Waals surface area contributed by atoms with Crippen LogP contribution in [0.15, 0.2) is 34.9 Å². The number of aryl methyl sites for hydroxylation is 1. The number of carbonyl (C=O) groups excluding carboxylic acids is 1. The van der Waals surface area contributed by atoms with Crippen LogP contribution in [0.2, 0.25) is 0 Å². The molecule has 1 aromatic heterocycles. The number of benzene rings is 1. The Labute approximate surface area is 146 Å². The predicted octanol–water partition coefficient (Wildman–Crippen LogP) is 1.80. The highest BCUT2D eigenvalue weighted by atomic mass is 16.5. The first-order chi connectivity index (χ1) is 12.2. The summed E-state index contributed by atoms with van der Waals surface area (Å²) < 4.78 is 15.4. The van der Waals surface area contributed by atoms with Crippen LogP contribution in [0.4, 0.5) is 0 Å². The van der Waals surface area contributed by atoms with E-state index in [1.807, 2.05) is 29.2 Å². The van der Waals surface area contributed by atoms with Crippen molar-refractivity contribution in [2.45, 2.75) is 18.9 Å². The zero-order valence-electron chi connectivity index (χ0n) is 14.5. The monoisotopic (exact) mass is 345 g/mol. The minimum atomic E-state index is 0.0245. The predicted molar refractivity (Wildman–Crippen MR) is 91.7 cm³/mol. The minimum Gasteiger partial charge on any atom is -0.497 e. The van der Waals surface area contributed by atoms with Gasteiger partial charge in [0, 0.05) is 38.5 Å². The number of hydrogen-bond donors (Lipinski definition) is 1. The number of aromatic nitrogens is 1. The molecule has 1 atom stereocenters. The zero-order valence-corrected chi connectivity index (χ0v) is 14.5. The van der Waals surface area contributed by atoms with Gasteiger partial charge in [0.15, 0.2) is 0 Å². The van der Waals surface area contributed by atoms with Crippen LogP contribution in [0.3, 0.4) is 0 Å². The van der Waals surface area contributed by atoms with Crippen molar-refractivity contribution in [3.8, 4) is 11.6 Å². The molecule has 0 bridgehead atoms. The molecular formula is C18H23N3O4. The first-order valence-corrected chi connectivity index (χ1v) is 8.35. The Hall–Kier alpha value is -2.54. The summed E-state index contributed by atoms with van der Waals surface area (Å²) in [6, 6.07) is 9.61. The number of nitrogens with zero attached hydrogens (tertiary/aromatic N) is 2. The van der Waals surface area contributed by atoms with Crippen molar-refractivity contribution in [1.82, 2.24) is 15.4 Å². The first kappa shape index (κ1) is 17.3. The molecule has 1 amide bonds. The Morgan fingerprint density at radius 2 is 2.12 bits per heavy atom. The number of hydrogen-bond acceptors (Lipinski definition) is 6. The molecule has 134 valence electrons. The molecule has 7 heteroatoms. The van der Waals surface area contributed by atoms with E-state index in [2.05, 4.69) is 10.5 Å². The second kappa shape index (κ2) is 8.02. The van der Waals surface area contributed by atoms with Gasteiger partial charge in [-0.05, 0) is 22.9 Å². The van der Waals surface area contributed by atoms with E-state index in [0.29, 0.717) is 31.0 Å². The van der Waals surface area contributed by atoms with Gasteiger partial charge in [0.2, 0.25) is 5.91 Å².